The number of methoxy groups -OCH3 is 1. The topological polar surface area (TPSA) is 50.4 Å². The van der Waals surface area contributed by atoms with Crippen LogP contribution in [0, 0.1) is 0 Å². The van der Waals surface area contributed by atoms with E-state index in [1.165, 1.54) is 0 Å². The molecule has 0 aromatic heterocycles. The minimum Gasteiger partial charge on any atom is -0.497 e. The van der Waals surface area contributed by atoms with E-state index >= 15 is 0 Å². The van der Waals surface area contributed by atoms with E-state index in [1.54, 1.807) is 7.11 Å². The van der Waals surface area contributed by atoms with Crippen LogP contribution in [-0.2, 0) is 4.79 Å². The van der Waals surface area contributed by atoms with Gasteiger partial charge in [0.25, 0.3) is 0 Å². The van der Waals surface area contributed by atoms with Gasteiger partial charge in [0.05, 0.1) is 13.7 Å². The molecule has 4 heteroatoms. The minimum atomic E-state index is 0.0225. The number of nitrogens with one attached hydrogen (secondary N) is 2. The average Bonchev–Trinajstić information content (AvgIpc) is 2.37. The molecule has 4 nitrogen and oxygen atoms in total. The highest BCUT2D eigenvalue weighted by atomic mass is 16.5. The molecule has 0 aliphatic carbocycles. The van der Waals surface area contributed by atoms with Crippen molar-refractivity contribution < 1.29 is 9.53 Å². The summed E-state index contributed by atoms with van der Waals surface area (Å²) in [6, 6.07) is 7.49. The van der Waals surface area contributed by atoms with E-state index in [-0.39, 0.29) is 5.91 Å². The normalized spacial score (nSPS) is 9.76. The smallest absolute Gasteiger partial charge is 0.239 e. The first-order chi connectivity index (χ1) is 8.26. The van der Waals surface area contributed by atoms with Crippen molar-refractivity contribution >= 4 is 11.6 Å². The maximum Gasteiger partial charge on any atom is 0.239 e. The molecule has 0 fully saturated rings. The SMILES string of the molecule is CCCCNC(=O)CNc1ccc(OC)cc1. The summed E-state index contributed by atoms with van der Waals surface area (Å²) in [4.78, 5) is 11.4. The Bertz CT molecular complexity index is 336. The molecule has 1 amide bonds. The molecule has 1 aromatic carbocycles. The van der Waals surface area contributed by atoms with Crippen molar-refractivity contribution in [2.24, 2.45) is 0 Å². The second-order valence-corrected chi connectivity index (χ2v) is 3.79. The van der Waals surface area contributed by atoms with Crippen LogP contribution in [0.1, 0.15) is 19.8 Å². The molecular weight excluding hydrogens is 216 g/mol. The lowest BCUT2D eigenvalue weighted by atomic mass is 10.3. The maximum absolute atomic E-state index is 11.4. The number of amides is 1. The lowest BCUT2D eigenvalue weighted by Crippen LogP contribution is -2.30. The molecule has 1 aromatic rings. The van der Waals surface area contributed by atoms with Crippen LogP contribution in [0.25, 0.3) is 0 Å². The Balaban J connectivity index is 2.27. The zero-order valence-electron chi connectivity index (χ0n) is 10.5. The van der Waals surface area contributed by atoms with Crippen molar-refractivity contribution in [2.75, 3.05) is 25.5 Å². The molecule has 0 radical (unpaired) electrons. The van der Waals surface area contributed by atoms with Crippen molar-refractivity contribution in [1.29, 1.82) is 0 Å². The molecule has 0 saturated heterocycles. The Labute approximate surface area is 102 Å². The number of rotatable bonds is 7. The average molecular weight is 236 g/mol. The van der Waals surface area contributed by atoms with Gasteiger partial charge in [-0.15, -0.1) is 0 Å². The van der Waals surface area contributed by atoms with Gasteiger partial charge in [-0.3, -0.25) is 4.79 Å². The molecular formula is C13H20N2O2. The van der Waals surface area contributed by atoms with E-state index < -0.39 is 0 Å². The van der Waals surface area contributed by atoms with Crippen LogP contribution in [0.5, 0.6) is 5.75 Å². The Morgan fingerprint density at radius 2 is 2.00 bits per heavy atom. The number of ether oxygens (including phenoxy) is 1. The summed E-state index contributed by atoms with van der Waals surface area (Å²) in [6.07, 6.45) is 2.11. The van der Waals surface area contributed by atoms with Crippen LogP contribution in [0.2, 0.25) is 0 Å². The molecule has 0 unspecified atom stereocenters. The molecule has 17 heavy (non-hydrogen) atoms. The van der Waals surface area contributed by atoms with Crippen molar-refractivity contribution in [3.8, 4) is 5.75 Å². The van der Waals surface area contributed by atoms with Crippen LogP contribution in [-0.4, -0.2) is 26.1 Å². The third-order valence-corrected chi connectivity index (χ3v) is 2.40. The van der Waals surface area contributed by atoms with Crippen LogP contribution in [0.15, 0.2) is 24.3 Å². The van der Waals surface area contributed by atoms with Crippen LogP contribution in [0.3, 0.4) is 0 Å². The summed E-state index contributed by atoms with van der Waals surface area (Å²) in [5.41, 5.74) is 0.913. The van der Waals surface area contributed by atoms with Gasteiger partial charge >= 0.3 is 0 Å². The fraction of sp³-hybridized carbons (Fsp3) is 0.462. The van der Waals surface area contributed by atoms with Gasteiger partial charge in [0.2, 0.25) is 5.91 Å². The maximum atomic E-state index is 11.4. The van der Waals surface area contributed by atoms with Gasteiger partial charge in [-0.25, -0.2) is 0 Å². The fourth-order valence-corrected chi connectivity index (χ4v) is 1.36. The second-order valence-electron chi connectivity index (χ2n) is 3.79. The molecule has 0 spiro atoms. The molecule has 0 aliphatic heterocycles. The second kappa shape index (κ2) is 7.54. The van der Waals surface area contributed by atoms with Gasteiger partial charge in [0, 0.05) is 12.2 Å². The highest BCUT2D eigenvalue weighted by Crippen LogP contribution is 2.14. The number of unbranched alkanes of at least 4 members (excludes halogenated alkanes) is 1. The lowest BCUT2D eigenvalue weighted by Gasteiger charge is -2.08. The van der Waals surface area contributed by atoms with E-state index in [0.29, 0.717) is 6.54 Å². The van der Waals surface area contributed by atoms with Crippen molar-refractivity contribution in [1.82, 2.24) is 5.32 Å². The Kier molecular flexibility index (Phi) is 5.93. The van der Waals surface area contributed by atoms with Gasteiger partial charge < -0.3 is 15.4 Å². The van der Waals surface area contributed by atoms with E-state index in [0.717, 1.165) is 30.8 Å². The third-order valence-electron chi connectivity index (χ3n) is 2.40. The molecule has 0 heterocycles. The Morgan fingerprint density at radius 3 is 2.59 bits per heavy atom. The monoisotopic (exact) mass is 236 g/mol. The Morgan fingerprint density at radius 1 is 1.29 bits per heavy atom. The van der Waals surface area contributed by atoms with Crippen molar-refractivity contribution in [2.45, 2.75) is 19.8 Å². The highest BCUT2D eigenvalue weighted by molar-refractivity contribution is 5.80. The van der Waals surface area contributed by atoms with E-state index in [9.17, 15) is 4.79 Å². The zero-order valence-corrected chi connectivity index (χ0v) is 10.5. The van der Waals surface area contributed by atoms with E-state index in [4.69, 9.17) is 4.74 Å². The van der Waals surface area contributed by atoms with Crippen LogP contribution >= 0.6 is 0 Å². The van der Waals surface area contributed by atoms with Crippen molar-refractivity contribution in [3.05, 3.63) is 24.3 Å². The number of carbonyl (C=O) groups is 1. The highest BCUT2D eigenvalue weighted by Gasteiger charge is 2.00. The number of carbonyl (C=O) groups excluding carboxylic acids is 1. The Hall–Kier alpha value is -1.71. The molecule has 2 N–H and O–H groups in total. The van der Waals surface area contributed by atoms with Gasteiger partial charge in [0.15, 0.2) is 0 Å². The van der Waals surface area contributed by atoms with Gasteiger partial charge in [-0.2, -0.15) is 0 Å². The summed E-state index contributed by atoms with van der Waals surface area (Å²) in [6.45, 7) is 3.15. The first-order valence-corrected chi connectivity index (χ1v) is 5.91. The molecule has 94 valence electrons. The van der Waals surface area contributed by atoms with Gasteiger partial charge in [-0.05, 0) is 30.7 Å². The summed E-state index contributed by atoms with van der Waals surface area (Å²) >= 11 is 0. The van der Waals surface area contributed by atoms with Gasteiger partial charge in [-0.1, -0.05) is 13.3 Å². The molecule has 0 atom stereocenters. The van der Waals surface area contributed by atoms with E-state index in [2.05, 4.69) is 17.6 Å². The summed E-state index contributed by atoms with van der Waals surface area (Å²) < 4.78 is 5.05. The summed E-state index contributed by atoms with van der Waals surface area (Å²) in [5.74, 6) is 0.831. The van der Waals surface area contributed by atoms with Crippen LogP contribution in [0.4, 0.5) is 5.69 Å². The first kappa shape index (κ1) is 13.4. The number of hydrogen-bond acceptors (Lipinski definition) is 3. The first-order valence-electron chi connectivity index (χ1n) is 5.91. The molecule has 0 saturated carbocycles. The summed E-state index contributed by atoms with van der Waals surface area (Å²) in [7, 11) is 1.63. The fourth-order valence-electron chi connectivity index (χ4n) is 1.36. The van der Waals surface area contributed by atoms with E-state index in [1.807, 2.05) is 24.3 Å². The molecule has 1 rings (SSSR count). The van der Waals surface area contributed by atoms with Crippen molar-refractivity contribution in [3.63, 3.8) is 0 Å². The minimum absolute atomic E-state index is 0.0225. The standard InChI is InChI=1S/C13H20N2O2/c1-3-4-9-14-13(16)10-15-11-5-7-12(17-2)8-6-11/h5-8,15H,3-4,9-10H2,1-2H3,(H,14,16). The zero-order chi connectivity index (χ0) is 12.5. The quantitative estimate of drug-likeness (QED) is 0.712. The largest absolute Gasteiger partial charge is 0.497 e. The van der Waals surface area contributed by atoms with Gasteiger partial charge in [0.1, 0.15) is 5.75 Å². The summed E-state index contributed by atoms with van der Waals surface area (Å²) in [5, 5.41) is 5.91. The molecule has 0 aliphatic rings. The number of benzene rings is 1. The third kappa shape index (κ3) is 5.24. The lowest BCUT2D eigenvalue weighted by molar-refractivity contribution is -0.119. The predicted octanol–water partition coefficient (Wildman–Crippen LogP) is 2.02. The number of anilines is 1. The predicted molar refractivity (Wildman–Crippen MR) is 69.4 cm³/mol. The molecule has 0 bridgehead atoms. The van der Waals surface area contributed by atoms with Crippen LogP contribution < -0.4 is 15.4 Å². The number of hydrogen-bond donors (Lipinski definition) is 2.